The molecule has 0 radical (unpaired) electrons. The van der Waals surface area contributed by atoms with Crippen molar-refractivity contribution in [1.29, 1.82) is 0 Å². The van der Waals surface area contributed by atoms with Crippen LogP contribution in [0.4, 0.5) is 5.69 Å². The van der Waals surface area contributed by atoms with Crippen molar-refractivity contribution in [3.63, 3.8) is 0 Å². The Bertz CT molecular complexity index is 642. The fourth-order valence-corrected chi connectivity index (χ4v) is 2.69. The number of piperidine rings is 1. The number of rotatable bonds is 5. The van der Waals surface area contributed by atoms with E-state index in [1.165, 1.54) is 43.7 Å². The summed E-state index contributed by atoms with van der Waals surface area (Å²) in [6.45, 7) is 2.50. The first-order chi connectivity index (χ1) is 11.3. The summed E-state index contributed by atoms with van der Waals surface area (Å²) in [5.41, 5.74) is 2.50. The number of nitrogens with zero attached hydrogens (tertiary/aromatic N) is 4. The average molecular weight is 312 g/mol. The first-order valence-electron chi connectivity index (χ1n) is 7.95. The van der Waals surface area contributed by atoms with Crippen molar-refractivity contribution in [3.8, 4) is 0 Å². The van der Waals surface area contributed by atoms with Gasteiger partial charge in [0.15, 0.2) is 0 Å². The topological polar surface area (TPSA) is 68.2 Å². The highest BCUT2D eigenvalue weighted by Gasteiger charge is 2.12. The van der Waals surface area contributed by atoms with Crippen molar-refractivity contribution in [2.24, 2.45) is 0 Å². The van der Waals surface area contributed by atoms with Gasteiger partial charge in [0, 0.05) is 49.5 Å². The second-order valence-corrected chi connectivity index (χ2v) is 5.57. The van der Waals surface area contributed by atoms with Gasteiger partial charge in [0.1, 0.15) is 6.33 Å². The zero-order chi connectivity index (χ0) is 15.9. The van der Waals surface area contributed by atoms with Crippen molar-refractivity contribution in [1.82, 2.24) is 15.0 Å². The van der Waals surface area contributed by atoms with Gasteiger partial charge in [0.25, 0.3) is 0 Å². The van der Waals surface area contributed by atoms with Crippen LogP contribution in [0.2, 0.25) is 0 Å². The Labute approximate surface area is 135 Å². The summed E-state index contributed by atoms with van der Waals surface area (Å²) in [6.07, 6.45) is 10.5. The number of aromatic nitrogens is 3. The van der Waals surface area contributed by atoms with E-state index in [1.54, 1.807) is 0 Å². The number of carbonyl (C=O) groups is 1. The molecule has 2 aromatic heterocycles. The minimum atomic E-state index is -0.405. The molecule has 1 fully saturated rings. The Morgan fingerprint density at radius 3 is 2.74 bits per heavy atom. The van der Waals surface area contributed by atoms with E-state index in [-0.39, 0.29) is 0 Å². The number of esters is 1. The molecular weight excluding hydrogens is 292 g/mol. The van der Waals surface area contributed by atoms with Crippen molar-refractivity contribution in [3.05, 3.63) is 48.3 Å². The predicted octanol–water partition coefficient (Wildman–Crippen LogP) is 2.26. The first kappa shape index (κ1) is 15.4. The van der Waals surface area contributed by atoms with E-state index in [0.29, 0.717) is 18.6 Å². The number of hydrogen-bond acceptors (Lipinski definition) is 6. The fraction of sp³-hybridized carbons (Fsp3) is 0.412. The van der Waals surface area contributed by atoms with E-state index in [2.05, 4.69) is 25.9 Å². The summed E-state index contributed by atoms with van der Waals surface area (Å²) in [6, 6.07) is 4.13. The number of carbonyl (C=O) groups excluding carboxylic acids is 1. The maximum atomic E-state index is 11.8. The van der Waals surface area contributed by atoms with E-state index in [1.807, 2.05) is 12.3 Å². The van der Waals surface area contributed by atoms with Gasteiger partial charge in [-0.05, 0) is 31.4 Å². The van der Waals surface area contributed by atoms with Crippen LogP contribution in [0.15, 0.2) is 37.1 Å². The monoisotopic (exact) mass is 312 g/mol. The van der Waals surface area contributed by atoms with Crippen molar-refractivity contribution in [2.75, 3.05) is 24.6 Å². The highest BCUT2D eigenvalue weighted by molar-refractivity contribution is 5.88. The van der Waals surface area contributed by atoms with Crippen LogP contribution in [0, 0.1) is 0 Å². The lowest BCUT2D eigenvalue weighted by molar-refractivity contribution is 0.0507. The highest BCUT2D eigenvalue weighted by atomic mass is 16.5. The van der Waals surface area contributed by atoms with Gasteiger partial charge in [-0.2, -0.15) is 0 Å². The molecule has 0 bridgehead atoms. The third kappa shape index (κ3) is 4.25. The Morgan fingerprint density at radius 2 is 1.96 bits per heavy atom. The molecule has 0 atom stereocenters. The molecule has 1 saturated heterocycles. The first-order valence-corrected chi connectivity index (χ1v) is 7.95. The lowest BCUT2D eigenvalue weighted by atomic mass is 10.1. The average Bonchev–Trinajstić information content (AvgIpc) is 2.63. The Balaban J connectivity index is 1.53. The van der Waals surface area contributed by atoms with Crippen molar-refractivity contribution >= 4 is 11.7 Å². The van der Waals surface area contributed by atoms with Crippen LogP contribution in [-0.2, 0) is 11.2 Å². The van der Waals surface area contributed by atoms with Crippen LogP contribution >= 0.6 is 0 Å². The normalized spacial score (nSPS) is 14.5. The predicted molar refractivity (Wildman–Crippen MR) is 86.3 cm³/mol. The number of anilines is 1. The lowest BCUT2D eigenvalue weighted by Crippen LogP contribution is -2.29. The molecule has 0 N–H and O–H groups in total. The minimum Gasteiger partial charge on any atom is -0.462 e. The summed E-state index contributed by atoms with van der Waals surface area (Å²) in [5, 5.41) is 0. The smallest absolute Gasteiger partial charge is 0.341 e. The van der Waals surface area contributed by atoms with Crippen LogP contribution < -0.4 is 4.90 Å². The van der Waals surface area contributed by atoms with E-state index in [9.17, 15) is 4.79 Å². The Morgan fingerprint density at radius 1 is 1.17 bits per heavy atom. The van der Waals surface area contributed by atoms with Gasteiger partial charge in [0.2, 0.25) is 0 Å². The molecule has 0 amide bonds. The van der Waals surface area contributed by atoms with Crippen LogP contribution in [0.25, 0.3) is 0 Å². The van der Waals surface area contributed by atoms with Gasteiger partial charge in [0.05, 0.1) is 12.2 Å². The molecule has 0 unspecified atom stereocenters. The molecule has 0 aromatic carbocycles. The van der Waals surface area contributed by atoms with Crippen molar-refractivity contribution < 1.29 is 9.53 Å². The van der Waals surface area contributed by atoms with E-state index in [0.717, 1.165) is 18.8 Å². The summed E-state index contributed by atoms with van der Waals surface area (Å²) < 4.78 is 5.24. The van der Waals surface area contributed by atoms with Gasteiger partial charge >= 0.3 is 5.97 Å². The Kier molecular flexibility index (Phi) is 5.13. The van der Waals surface area contributed by atoms with Gasteiger partial charge in [-0.15, -0.1) is 0 Å². The Hall–Kier alpha value is -2.50. The summed E-state index contributed by atoms with van der Waals surface area (Å²) in [4.78, 5) is 26.2. The van der Waals surface area contributed by atoms with Gasteiger partial charge in [-0.25, -0.2) is 14.8 Å². The third-order valence-corrected chi connectivity index (χ3v) is 3.91. The standard InChI is InChI=1S/C17H20N4O2/c22-17(14-11-18-13-19-12-14)23-9-5-15-10-16(4-6-20-15)21-7-2-1-3-8-21/h4,6,10-13H,1-3,5,7-9H2. The highest BCUT2D eigenvalue weighted by Crippen LogP contribution is 2.20. The van der Waals surface area contributed by atoms with E-state index < -0.39 is 5.97 Å². The lowest BCUT2D eigenvalue weighted by Gasteiger charge is -2.28. The molecule has 0 aliphatic carbocycles. The molecule has 0 spiro atoms. The van der Waals surface area contributed by atoms with Gasteiger partial charge in [-0.3, -0.25) is 4.98 Å². The molecule has 3 rings (SSSR count). The van der Waals surface area contributed by atoms with Crippen LogP contribution in [0.5, 0.6) is 0 Å². The molecule has 6 heteroatoms. The largest absolute Gasteiger partial charge is 0.462 e. The second-order valence-electron chi connectivity index (χ2n) is 5.57. The third-order valence-electron chi connectivity index (χ3n) is 3.91. The van der Waals surface area contributed by atoms with Crippen LogP contribution in [-0.4, -0.2) is 40.6 Å². The second kappa shape index (κ2) is 7.67. The van der Waals surface area contributed by atoms with Crippen LogP contribution in [0.3, 0.4) is 0 Å². The fourth-order valence-electron chi connectivity index (χ4n) is 2.69. The molecule has 3 heterocycles. The molecule has 23 heavy (non-hydrogen) atoms. The quantitative estimate of drug-likeness (QED) is 0.789. The molecule has 6 nitrogen and oxygen atoms in total. The number of pyridine rings is 1. The number of hydrogen-bond donors (Lipinski definition) is 0. The molecular formula is C17H20N4O2. The van der Waals surface area contributed by atoms with Gasteiger partial charge in [-0.1, -0.05) is 0 Å². The minimum absolute atomic E-state index is 0.296. The SMILES string of the molecule is O=C(OCCc1cc(N2CCCCC2)ccn1)c1cncnc1. The number of ether oxygens (including phenoxy) is 1. The van der Waals surface area contributed by atoms with Gasteiger partial charge < -0.3 is 9.64 Å². The molecule has 1 aliphatic heterocycles. The van der Waals surface area contributed by atoms with E-state index >= 15 is 0 Å². The maximum Gasteiger partial charge on any atom is 0.341 e. The summed E-state index contributed by atoms with van der Waals surface area (Å²) >= 11 is 0. The maximum absolute atomic E-state index is 11.8. The zero-order valence-corrected chi connectivity index (χ0v) is 13.0. The van der Waals surface area contributed by atoms with Crippen molar-refractivity contribution in [2.45, 2.75) is 25.7 Å². The molecule has 1 aliphatic rings. The van der Waals surface area contributed by atoms with E-state index in [4.69, 9.17) is 4.74 Å². The van der Waals surface area contributed by atoms with Crippen LogP contribution in [0.1, 0.15) is 35.3 Å². The zero-order valence-electron chi connectivity index (χ0n) is 13.0. The summed E-state index contributed by atoms with van der Waals surface area (Å²) in [5.74, 6) is -0.405. The molecule has 120 valence electrons. The molecule has 2 aromatic rings. The molecule has 0 saturated carbocycles. The summed E-state index contributed by atoms with van der Waals surface area (Å²) in [7, 11) is 0.